The van der Waals surface area contributed by atoms with Gasteiger partial charge >= 0.3 is 131 Å². The van der Waals surface area contributed by atoms with Gasteiger partial charge in [0.25, 0.3) is 0 Å². The maximum atomic E-state index is 3.34. The molecule has 0 spiro atoms. The van der Waals surface area contributed by atoms with Gasteiger partial charge in [0.05, 0.1) is 0 Å². The summed E-state index contributed by atoms with van der Waals surface area (Å²) in [5, 5.41) is 4.51. The van der Waals surface area contributed by atoms with E-state index in [1.165, 1.54) is 28.9 Å². The van der Waals surface area contributed by atoms with Crippen molar-refractivity contribution in [3.63, 3.8) is 0 Å². The zero-order valence-electron chi connectivity index (χ0n) is 10.3. The van der Waals surface area contributed by atoms with Crippen LogP contribution in [0.25, 0.3) is 28.9 Å². The second kappa shape index (κ2) is 4.57. The number of aryl methyl sites for hydroxylation is 1. The Balaban J connectivity index is 2.39. The van der Waals surface area contributed by atoms with Gasteiger partial charge in [0, 0.05) is 0 Å². The van der Waals surface area contributed by atoms with E-state index in [0.29, 0.717) is 29.0 Å². The van der Waals surface area contributed by atoms with Crippen LogP contribution in [0.15, 0.2) is 42.5 Å². The van der Waals surface area contributed by atoms with Gasteiger partial charge in [0.1, 0.15) is 0 Å². The van der Waals surface area contributed by atoms with Crippen LogP contribution >= 0.6 is 0 Å². The standard InChI is InChI=1S/C16H10Se3/c1-9-6-7-13-11(8-9)15-14(16(17)19-13)10-4-2-3-5-12(10)18-15/h2-8H,1H3. The fourth-order valence-corrected chi connectivity index (χ4v) is 9.44. The third-order valence-corrected chi connectivity index (χ3v) is 9.27. The van der Waals surface area contributed by atoms with Gasteiger partial charge in [-0.3, -0.25) is 0 Å². The van der Waals surface area contributed by atoms with Gasteiger partial charge in [0.2, 0.25) is 0 Å². The Kier molecular flexibility index (Phi) is 2.97. The monoisotopic (exact) mass is 442 g/mol. The molecule has 0 N–H and O–H groups in total. The Bertz CT molecular complexity index is 989. The fraction of sp³-hybridized carbons (Fsp3) is 0.0625. The Morgan fingerprint density at radius 1 is 0.895 bits per heavy atom. The summed E-state index contributed by atoms with van der Waals surface area (Å²) < 4.78 is 6.15. The summed E-state index contributed by atoms with van der Waals surface area (Å²) in [6.45, 7) is 2.19. The SMILES string of the molecule is Cc1ccc2[se]c(=[Se])c3c4ccccc4[se]c3c2c1. The van der Waals surface area contributed by atoms with Crippen molar-refractivity contribution in [2.75, 3.05) is 0 Å². The summed E-state index contributed by atoms with van der Waals surface area (Å²) in [4.78, 5) is 0. The van der Waals surface area contributed by atoms with Crippen molar-refractivity contribution >= 4 is 73.5 Å². The minimum atomic E-state index is 0.440. The van der Waals surface area contributed by atoms with Gasteiger partial charge < -0.3 is 0 Å². The van der Waals surface area contributed by atoms with E-state index in [9.17, 15) is 0 Å². The van der Waals surface area contributed by atoms with Gasteiger partial charge in [-0.2, -0.15) is 0 Å². The Hall–Kier alpha value is -0.392. The molecule has 0 atom stereocenters. The molecule has 92 valence electrons. The molecule has 3 heteroatoms. The molecule has 0 aliphatic carbocycles. The first-order valence-electron chi connectivity index (χ1n) is 6.09. The van der Waals surface area contributed by atoms with Gasteiger partial charge in [-0.25, -0.2) is 0 Å². The Morgan fingerprint density at radius 3 is 2.58 bits per heavy atom. The molecule has 0 saturated carbocycles. The molecule has 19 heavy (non-hydrogen) atoms. The summed E-state index contributed by atoms with van der Waals surface area (Å²) in [5.74, 6) is 0. The number of fused-ring (bicyclic) bond motifs is 5. The van der Waals surface area contributed by atoms with Crippen molar-refractivity contribution in [2.24, 2.45) is 0 Å². The molecule has 2 aromatic carbocycles. The Morgan fingerprint density at radius 2 is 1.68 bits per heavy atom. The van der Waals surface area contributed by atoms with E-state index in [1.54, 1.807) is 8.52 Å². The molecule has 0 unspecified atom stereocenters. The Labute approximate surface area is 130 Å². The van der Waals surface area contributed by atoms with Gasteiger partial charge in [-0.05, 0) is 0 Å². The van der Waals surface area contributed by atoms with Crippen molar-refractivity contribution < 1.29 is 0 Å². The number of rotatable bonds is 0. The summed E-state index contributed by atoms with van der Waals surface area (Å²) in [5.41, 5.74) is 1.37. The van der Waals surface area contributed by atoms with E-state index in [2.05, 4.69) is 65.0 Å². The second-order valence-corrected chi connectivity index (χ2v) is 11.3. The summed E-state index contributed by atoms with van der Waals surface area (Å²) in [6, 6.07) is 15.9. The first kappa shape index (κ1) is 12.4. The third-order valence-electron chi connectivity index (χ3n) is 3.38. The minimum absolute atomic E-state index is 0.440. The van der Waals surface area contributed by atoms with Crippen molar-refractivity contribution in [3.8, 4) is 0 Å². The summed E-state index contributed by atoms with van der Waals surface area (Å²) in [6.07, 6.45) is 0. The molecule has 2 heterocycles. The summed E-state index contributed by atoms with van der Waals surface area (Å²) >= 11 is 4.24. The predicted octanol–water partition coefficient (Wildman–Crippen LogP) is 3.27. The van der Waals surface area contributed by atoms with Crippen LogP contribution in [-0.4, -0.2) is 44.6 Å². The van der Waals surface area contributed by atoms with Gasteiger partial charge in [-0.15, -0.1) is 0 Å². The predicted molar refractivity (Wildman–Crippen MR) is 86.6 cm³/mol. The molecule has 0 nitrogen and oxygen atoms in total. The van der Waals surface area contributed by atoms with Gasteiger partial charge in [0.15, 0.2) is 0 Å². The topological polar surface area (TPSA) is 0 Å². The number of hydrogen-bond donors (Lipinski definition) is 0. The van der Waals surface area contributed by atoms with Crippen LogP contribution in [0.1, 0.15) is 5.56 Å². The average molecular weight is 439 g/mol. The molecule has 0 fully saturated rings. The molecule has 0 amide bonds. The summed E-state index contributed by atoms with van der Waals surface area (Å²) in [7, 11) is 0. The molecule has 0 saturated heterocycles. The number of hydrogen-bond acceptors (Lipinski definition) is 0. The van der Waals surface area contributed by atoms with Crippen LogP contribution in [0.2, 0.25) is 0 Å². The van der Waals surface area contributed by atoms with E-state index in [-0.39, 0.29) is 0 Å². The van der Waals surface area contributed by atoms with E-state index < -0.39 is 0 Å². The zero-order chi connectivity index (χ0) is 13.0. The average Bonchev–Trinajstić information content (AvgIpc) is 2.80. The van der Waals surface area contributed by atoms with Crippen LogP contribution in [0.5, 0.6) is 0 Å². The van der Waals surface area contributed by atoms with Crippen molar-refractivity contribution in [1.29, 1.82) is 0 Å². The maximum absolute atomic E-state index is 3.34. The molecule has 2 aromatic heterocycles. The van der Waals surface area contributed by atoms with Crippen LogP contribution < -0.4 is 0 Å². The normalized spacial score (nSPS) is 11.6. The van der Waals surface area contributed by atoms with Crippen LogP contribution in [-0.2, 0) is 0 Å². The quantitative estimate of drug-likeness (QED) is 0.369. The first-order valence-corrected chi connectivity index (χ1v) is 10.4. The van der Waals surface area contributed by atoms with E-state index in [4.69, 9.17) is 0 Å². The van der Waals surface area contributed by atoms with Crippen molar-refractivity contribution in [3.05, 3.63) is 51.0 Å². The van der Waals surface area contributed by atoms with Crippen molar-refractivity contribution in [2.45, 2.75) is 6.92 Å². The first-order chi connectivity index (χ1) is 9.24. The second-order valence-electron chi connectivity index (χ2n) is 4.69. The molecule has 0 bridgehead atoms. The van der Waals surface area contributed by atoms with Gasteiger partial charge in [-0.1, -0.05) is 0 Å². The fourth-order valence-electron chi connectivity index (χ4n) is 2.50. The molecule has 0 aliphatic heterocycles. The van der Waals surface area contributed by atoms with E-state index in [1.807, 2.05) is 0 Å². The zero-order valence-corrected chi connectivity index (χ0v) is 15.4. The van der Waals surface area contributed by atoms with Crippen LogP contribution in [0.3, 0.4) is 0 Å². The molecule has 4 rings (SSSR count). The molecule has 4 aromatic rings. The molecule has 0 aliphatic rings. The number of benzene rings is 2. The molecular formula is C16H10Se3. The van der Waals surface area contributed by atoms with Crippen LogP contribution in [0, 0.1) is 9.86 Å². The third kappa shape index (κ3) is 1.89. The van der Waals surface area contributed by atoms with E-state index >= 15 is 0 Å². The molecular weight excluding hydrogens is 429 g/mol. The van der Waals surface area contributed by atoms with Crippen LogP contribution in [0.4, 0.5) is 0 Å². The molecule has 0 radical (unpaired) electrons. The van der Waals surface area contributed by atoms with Crippen molar-refractivity contribution in [1.82, 2.24) is 0 Å². The van der Waals surface area contributed by atoms with E-state index in [0.717, 1.165) is 0 Å².